The fraction of sp³-hybridized carbons (Fsp3) is 0.0667. The number of ether oxygens (including phenoxy) is 1. The molecular formula is C15H13BrN2O4. The zero-order valence-electron chi connectivity index (χ0n) is 11.6. The highest BCUT2D eigenvalue weighted by molar-refractivity contribution is 9.10. The van der Waals surface area contributed by atoms with Gasteiger partial charge < -0.3 is 14.9 Å². The van der Waals surface area contributed by atoms with Crippen molar-refractivity contribution in [2.75, 3.05) is 7.11 Å². The summed E-state index contributed by atoms with van der Waals surface area (Å²) in [5.41, 5.74) is 3.09. The van der Waals surface area contributed by atoms with Crippen LogP contribution < -0.4 is 10.2 Å². The van der Waals surface area contributed by atoms with Crippen molar-refractivity contribution in [1.82, 2.24) is 5.43 Å². The third-order valence-corrected chi connectivity index (χ3v) is 3.43. The number of benzene rings is 2. The first-order valence-corrected chi connectivity index (χ1v) is 6.99. The van der Waals surface area contributed by atoms with Crippen LogP contribution in [-0.4, -0.2) is 29.4 Å². The predicted octanol–water partition coefficient (Wildman–Crippen LogP) is 2.63. The third kappa shape index (κ3) is 3.76. The summed E-state index contributed by atoms with van der Waals surface area (Å²) >= 11 is 3.13. The van der Waals surface area contributed by atoms with Crippen LogP contribution in [0.4, 0.5) is 0 Å². The van der Waals surface area contributed by atoms with E-state index in [0.29, 0.717) is 21.3 Å². The largest absolute Gasteiger partial charge is 0.507 e. The molecule has 0 bridgehead atoms. The molecule has 114 valence electrons. The van der Waals surface area contributed by atoms with E-state index in [-0.39, 0.29) is 11.5 Å². The fourth-order valence-corrected chi connectivity index (χ4v) is 2.02. The van der Waals surface area contributed by atoms with Crippen LogP contribution in [0.5, 0.6) is 17.2 Å². The van der Waals surface area contributed by atoms with Crippen LogP contribution in [-0.2, 0) is 0 Å². The Labute approximate surface area is 135 Å². The predicted molar refractivity (Wildman–Crippen MR) is 85.5 cm³/mol. The SMILES string of the molecule is COc1cccc(C(=O)N/N=C\c2cc(Br)c(O)cc2O)c1. The Kier molecular flexibility index (Phi) is 5.00. The summed E-state index contributed by atoms with van der Waals surface area (Å²) in [6.45, 7) is 0. The molecule has 0 aliphatic carbocycles. The van der Waals surface area contributed by atoms with E-state index in [0.717, 1.165) is 0 Å². The summed E-state index contributed by atoms with van der Waals surface area (Å²) in [4.78, 5) is 11.9. The van der Waals surface area contributed by atoms with Gasteiger partial charge in [0.15, 0.2) is 0 Å². The maximum Gasteiger partial charge on any atom is 0.271 e. The number of rotatable bonds is 4. The first-order chi connectivity index (χ1) is 10.5. The molecule has 0 unspecified atom stereocenters. The maximum absolute atomic E-state index is 11.9. The number of carbonyl (C=O) groups is 1. The van der Waals surface area contributed by atoms with E-state index in [4.69, 9.17) is 4.74 Å². The van der Waals surface area contributed by atoms with E-state index >= 15 is 0 Å². The number of nitrogens with zero attached hydrogens (tertiary/aromatic N) is 1. The number of carbonyl (C=O) groups excluding carboxylic acids is 1. The lowest BCUT2D eigenvalue weighted by Gasteiger charge is -2.04. The molecule has 2 aromatic carbocycles. The van der Waals surface area contributed by atoms with Gasteiger partial charge in [0, 0.05) is 17.2 Å². The molecule has 0 aromatic heterocycles. The second kappa shape index (κ2) is 6.95. The van der Waals surface area contributed by atoms with Crippen molar-refractivity contribution < 1.29 is 19.7 Å². The second-order valence-electron chi connectivity index (χ2n) is 4.29. The van der Waals surface area contributed by atoms with E-state index < -0.39 is 5.91 Å². The molecule has 0 radical (unpaired) electrons. The van der Waals surface area contributed by atoms with Crippen LogP contribution in [0, 0.1) is 0 Å². The molecule has 0 heterocycles. The van der Waals surface area contributed by atoms with E-state index in [9.17, 15) is 15.0 Å². The Balaban J connectivity index is 2.09. The highest BCUT2D eigenvalue weighted by Gasteiger charge is 2.07. The smallest absolute Gasteiger partial charge is 0.271 e. The van der Waals surface area contributed by atoms with Gasteiger partial charge in [-0.25, -0.2) is 5.43 Å². The number of hydrazone groups is 1. The van der Waals surface area contributed by atoms with Gasteiger partial charge in [0.05, 0.1) is 17.8 Å². The molecule has 0 spiro atoms. The van der Waals surface area contributed by atoms with E-state index in [1.807, 2.05) is 0 Å². The van der Waals surface area contributed by atoms with Gasteiger partial charge in [-0.05, 0) is 40.2 Å². The average molecular weight is 365 g/mol. The molecule has 6 nitrogen and oxygen atoms in total. The lowest BCUT2D eigenvalue weighted by atomic mass is 10.2. The monoisotopic (exact) mass is 364 g/mol. The second-order valence-corrected chi connectivity index (χ2v) is 5.15. The van der Waals surface area contributed by atoms with Crippen LogP contribution in [0.3, 0.4) is 0 Å². The van der Waals surface area contributed by atoms with Crippen molar-refractivity contribution in [2.24, 2.45) is 5.10 Å². The minimum atomic E-state index is -0.410. The first kappa shape index (κ1) is 15.8. The molecule has 2 rings (SSSR count). The van der Waals surface area contributed by atoms with Crippen LogP contribution in [0.1, 0.15) is 15.9 Å². The molecule has 0 aliphatic rings. The number of aromatic hydroxyl groups is 2. The van der Waals surface area contributed by atoms with Crippen molar-refractivity contribution in [2.45, 2.75) is 0 Å². The summed E-state index contributed by atoms with van der Waals surface area (Å²) in [7, 11) is 1.51. The number of hydrogen-bond acceptors (Lipinski definition) is 5. The molecular weight excluding hydrogens is 352 g/mol. The van der Waals surface area contributed by atoms with Crippen LogP contribution in [0.15, 0.2) is 46.0 Å². The molecule has 3 N–H and O–H groups in total. The van der Waals surface area contributed by atoms with Gasteiger partial charge in [-0.3, -0.25) is 4.79 Å². The van der Waals surface area contributed by atoms with E-state index in [2.05, 4.69) is 26.5 Å². The minimum absolute atomic E-state index is 0.0879. The van der Waals surface area contributed by atoms with Gasteiger partial charge in [0.2, 0.25) is 0 Å². The summed E-state index contributed by atoms with van der Waals surface area (Å²) in [6.07, 6.45) is 1.28. The Hall–Kier alpha value is -2.54. The Morgan fingerprint density at radius 1 is 1.27 bits per heavy atom. The van der Waals surface area contributed by atoms with Crippen LogP contribution in [0.2, 0.25) is 0 Å². The number of phenolic OH excluding ortho intramolecular Hbond substituents is 2. The molecule has 1 amide bonds. The molecule has 7 heteroatoms. The maximum atomic E-state index is 11.9. The Morgan fingerprint density at radius 3 is 2.77 bits per heavy atom. The standard InChI is InChI=1S/C15H13BrN2O4/c1-22-11-4-2-3-9(5-11)15(21)18-17-8-10-6-12(16)14(20)7-13(10)19/h2-8,19-20H,1H3,(H,18,21)/b17-8-. The minimum Gasteiger partial charge on any atom is -0.507 e. The number of amides is 1. The van der Waals surface area contributed by atoms with Gasteiger partial charge in [-0.15, -0.1) is 0 Å². The van der Waals surface area contributed by atoms with Gasteiger partial charge in [0.25, 0.3) is 5.91 Å². The summed E-state index contributed by atoms with van der Waals surface area (Å²) < 4.78 is 5.45. The van der Waals surface area contributed by atoms with Crippen molar-refractivity contribution in [3.05, 3.63) is 52.0 Å². The molecule has 0 aliphatic heterocycles. The average Bonchev–Trinajstić information content (AvgIpc) is 2.52. The third-order valence-electron chi connectivity index (χ3n) is 2.80. The molecule has 2 aromatic rings. The summed E-state index contributed by atoms with van der Waals surface area (Å²) in [5.74, 6) is -0.0839. The van der Waals surface area contributed by atoms with E-state index in [1.165, 1.54) is 25.5 Å². The normalized spacial score (nSPS) is 10.6. The van der Waals surface area contributed by atoms with Crippen molar-refractivity contribution in [3.63, 3.8) is 0 Å². The van der Waals surface area contributed by atoms with Crippen molar-refractivity contribution >= 4 is 28.1 Å². The number of nitrogens with one attached hydrogen (secondary N) is 1. The summed E-state index contributed by atoms with van der Waals surface area (Å²) in [5, 5.41) is 22.8. The molecule has 0 fully saturated rings. The number of halogens is 1. The highest BCUT2D eigenvalue weighted by Crippen LogP contribution is 2.30. The molecule has 0 saturated carbocycles. The fourth-order valence-electron chi connectivity index (χ4n) is 1.66. The van der Waals surface area contributed by atoms with Crippen LogP contribution in [0.25, 0.3) is 0 Å². The first-order valence-electron chi connectivity index (χ1n) is 6.20. The van der Waals surface area contributed by atoms with Crippen molar-refractivity contribution in [3.8, 4) is 17.2 Å². The Bertz CT molecular complexity index is 731. The van der Waals surface area contributed by atoms with Gasteiger partial charge >= 0.3 is 0 Å². The molecule has 0 saturated heterocycles. The number of hydrogen-bond donors (Lipinski definition) is 3. The Morgan fingerprint density at radius 2 is 2.05 bits per heavy atom. The lowest BCUT2D eigenvalue weighted by Crippen LogP contribution is -2.17. The highest BCUT2D eigenvalue weighted by atomic mass is 79.9. The van der Waals surface area contributed by atoms with Gasteiger partial charge in [-0.1, -0.05) is 6.07 Å². The van der Waals surface area contributed by atoms with Crippen molar-refractivity contribution in [1.29, 1.82) is 0 Å². The quantitative estimate of drug-likeness (QED) is 0.574. The van der Waals surface area contributed by atoms with Gasteiger partial charge in [0.1, 0.15) is 17.2 Å². The zero-order valence-corrected chi connectivity index (χ0v) is 13.2. The number of methoxy groups -OCH3 is 1. The lowest BCUT2D eigenvalue weighted by molar-refractivity contribution is 0.0954. The summed E-state index contributed by atoms with van der Waals surface area (Å²) in [6, 6.07) is 9.29. The molecule has 0 atom stereocenters. The van der Waals surface area contributed by atoms with E-state index in [1.54, 1.807) is 24.3 Å². The van der Waals surface area contributed by atoms with Gasteiger partial charge in [-0.2, -0.15) is 5.10 Å². The molecule has 22 heavy (non-hydrogen) atoms. The zero-order chi connectivity index (χ0) is 16.1. The topological polar surface area (TPSA) is 91.2 Å². The number of phenols is 2. The van der Waals surface area contributed by atoms with Crippen LogP contribution >= 0.6 is 15.9 Å².